The molecule has 0 saturated carbocycles. The third-order valence-electron chi connectivity index (χ3n) is 3.99. The van der Waals surface area contributed by atoms with Gasteiger partial charge in [0, 0.05) is 18.3 Å². The van der Waals surface area contributed by atoms with E-state index in [-0.39, 0.29) is 11.8 Å². The number of para-hydroxylation sites is 2. The van der Waals surface area contributed by atoms with E-state index in [4.69, 9.17) is 4.74 Å². The zero-order valence-corrected chi connectivity index (χ0v) is 17.1. The summed E-state index contributed by atoms with van der Waals surface area (Å²) in [7, 11) is 1.60. The highest BCUT2D eigenvalue weighted by Gasteiger charge is 2.19. The predicted molar refractivity (Wildman–Crippen MR) is 113 cm³/mol. The van der Waals surface area contributed by atoms with Crippen molar-refractivity contribution in [2.75, 3.05) is 17.7 Å². The van der Waals surface area contributed by atoms with Gasteiger partial charge in [0.05, 0.1) is 18.0 Å². The van der Waals surface area contributed by atoms with Crippen LogP contribution in [-0.4, -0.2) is 38.9 Å². The first-order valence-corrected chi connectivity index (χ1v) is 9.74. The van der Waals surface area contributed by atoms with E-state index >= 15 is 0 Å². The molecule has 150 valence electrons. The highest BCUT2D eigenvalue weighted by Crippen LogP contribution is 2.29. The number of ether oxygens (including phenoxy) is 1. The molecule has 8 nitrogen and oxygen atoms in total. The molecule has 1 heterocycles. The van der Waals surface area contributed by atoms with Gasteiger partial charge in [0.25, 0.3) is 0 Å². The average Bonchev–Trinajstić information content (AvgIpc) is 3.16. The zero-order valence-electron chi connectivity index (χ0n) is 16.2. The number of benzene rings is 2. The minimum absolute atomic E-state index is 0.147. The van der Waals surface area contributed by atoms with Gasteiger partial charge in [-0.2, -0.15) is 0 Å². The molecule has 3 rings (SSSR count). The number of nitrogens with zero attached hydrogens (tertiary/aromatic N) is 3. The van der Waals surface area contributed by atoms with Crippen LogP contribution in [0.4, 0.5) is 11.4 Å². The molecule has 2 amide bonds. The fraction of sp³-hybridized carbons (Fsp3) is 0.200. The molecule has 0 spiro atoms. The van der Waals surface area contributed by atoms with Crippen molar-refractivity contribution in [3.05, 3.63) is 54.9 Å². The number of rotatable bonds is 7. The van der Waals surface area contributed by atoms with E-state index < -0.39 is 5.25 Å². The lowest BCUT2D eigenvalue weighted by atomic mass is 10.2. The summed E-state index contributed by atoms with van der Waals surface area (Å²) >= 11 is 1.29. The molecule has 0 aliphatic carbocycles. The van der Waals surface area contributed by atoms with E-state index in [1.807, 2.05) is 24.3 Å². The molecule has 2 aromatic carbocycles. The Morgan fingerprint density at radius 1 is 1.07 bits per heavy atom. The number of carbonyl (C=O) groups excluding carboxylic acids is 2. The molecule has 0 aliphatic rings. The van der Waals surface area contributed by atoms with E-state index in [1.165, 1.54) is 18.7 Å². The van der Waals surface area contributed by atoms with Crippen LogP contribution in [0.2, 0.25) is 0 Å². The highest BCUT2D eigenvalue weighted by molar-refractivity contribution is 8.00. The molecule has 0 saturated heterocycles. The lowest BCUT2D eigenvalue weighted by Gasteiger charge is -2.14. The summed E-state index contributed by atoms with van der Waals surface area (Å²) in [6, 6.07) is 14.5. The number of amides is 2. The second kappa shape index (κ2) is 9.24. The molecule has 0 aliphatic heterocycles. The third-order valence-corrected chi connectivity index (χ3v) is 5.04. The average molecular weight is 411 g/mol. The van der Waals surface area contributed by atoms with Gasteiger partial charge >= 0.3 is 0 Å². The third kappa shape index (κ3) is 5.14. The molecule has 29 heavy (non-hydrogen) atoms. The van der Waals surface area contributed by atoms with Crippen molar-refractivity contribution in [3.8, 4) is 11.4 Å². The monoisotopic (exact) mass is 411 g/mol. The molecule has 0 unspecified atom stereocenters. The summed E-state index contributed by atoms with van der Waals surface area (Å²) < 4.78 is 7.19. The van der Waals surface area contributed by atoms with E-state index in [2.05, 4.69) is 20.8 Å². The van der Waals surface area contributed by atoms with Gasteiger partial charge in [0.15, 0.2) is 5.16 Å². The highest BCUT2D eigenvalue weighted by atomic mass is 32.2. The van der Waals surface area contributed by atoms with Crippen LogP contribution >= 0.6 is 11.8 Å². The largest absolute Gasteiger partial charge is 0.495 e. The Labute approximate surface area is 172 Å². The molecule has 1 aromatic heterocycles. The van der Waals surface area contributed by atoms with Gasteiger partial charge in [0.1, 0.15) is 12.1 Å². The minimum atomic E-state index is -0.414. The summed E-state index contributed by atoms with van der Waals surface area (Å²) in [5.74, 6) is 0.369. The van der Waals surface area contributed by atoms with Crippen molar-refractivity contribution in [3.63, 3.8) is 0 Å². The van der Waals surface area contributed by atoms with Crippen molar-refractivity contribution in [1.29, 1.82) is 0 Å². The van der Waals surface area contributed by atoms with Gasteiger partial charge in [-0.1, -0.05) is 23.9 Å². The molecule has 0 radical (unpaired) electrons. The molecule has 0 fully saturated rings. The molecule has 0 bridgehead atoms. The van der Waals surface area contributed by atoms with Crippen molar-refractivity contribution in [2.24, 2.45) is 0 Å². The number of nitrogens with one attached hydrogen (secondary N) is 2. The first-order chi connectivity index (χ1) is 14.0. The maximum Gasteiger partial charge on any atom is 0.237 e. The lowest BCUT2D eigenvalue weighted by molar-refractivity contribution is -0.115. The van der Waals surface area contributed by atoms with Crippen LogP contribution in [-0.2, 0) is 9.59 Å². The first kappa shape index (κ1) is 20.4. The van der Waals surface area contributed by atoms with E-state index in [1.54, 1.807) is 49.2 Å². The molecule has 3 aromatic rings. The predicted octanol–water partition coefficient (Wildman–Crippen LogP) is 3.35. The maximum absolute atomic E-state index is 12.6. The second-order valence-electron chi connectivity index (χ2n) is 6.16. The smallest absolute Gasteiger partial charge is 0.237 e. The van der Waals surface area contributed by atoms with Gasteiger partial charge in [-0.15, -0.1) is 10.2 Å². The van der Waals surface area contributed by atoms with Crippen LogP contribution in [0.15, 0.2) is 60.0 Å². The van der Waals surface area contributed by atoms with E-state index in [9.17, 15) is 9.59 Å². The summed E-state index contributed by atoms with van der Waals surface area (Å²) in [5.41, 5.74) is 2.11. The molecule has 1 atom stereocenters. The van der Waals surface area contributed by atoms with Gasteiger partial charge in [0.2, 0.25) is 11.8 Å². The summed E-state index contributed by atoms with van der Waals surface area (Å²) in [5, 5.41) is 13.8. The van der Waals surface area contributed by atoms with Crippen LogP contribution < -0.4 is 15.4 Å². The fourth-order valence-electron chi connectivity index (χ4n) is 2.59. The first-order valence-electron chi connectivity index (χ1n) is 8.86. The van der Waals surface area contributed by atoms with Crippen molar-refractivity contribution in [1.82, 2.24) is 14.8 Å². The second-order valence-corrected chi connectivity index (χ2v) is 7.47. The number of aromatic nitrogens is 3. The Kier molecular flexibility index (Phi) is 6.50. The zero-order chi connectivity index (χ0) is 20.8. The van der Waals surface area contributed by atoms with Crippen molar-refractivity contribution in [2.45, 2.75) is 24.3 Å². The van der Waals surface area contributed by atoms with E-state index in [0.29, 0.717) is 22.3 Å². The summed E-state index contributed by atoms with van der Waals surface area (Å²) in [6.45, 7) is 3.24. The standard InChI is InChI=1S/C20H21N5O3S/c1-13(19(27)23-16-10-8-15(9-11-16)22-14(2)26)29-20-24-21-12-25(20)17-6-4-5-7-18(17)28-3/h4-13H,1-3H3,(H,22,26)(H,23,27)/t13-/m0/s1. The van der Waals surface area contributed by atoms with Crippen LogP contribution in [0.1, 0.15) is 13.8 Å². The van der Waals surface area contributed by atoms with Gasteiger partial charge in [-0.25, -0.2) is 0 Å². The van der Waals surface area contributed by atoms with Gasteiger partial charge in [-0.3, -0.25) is 14.2 Å². The van der Waals surface area contributed by atoms with Crippen LogP contribution in [0.3, 0.4) is 0 Å². The molecular formula is C20H21N5O3S. The Bertz CT molecular complexity index is 1000. The van der Waals surface area contributed by atoms with E-state index in [0.717, 1.165) is 5.69 Å². The van der Waals surface area contributed by atoms with Crippen LogP contribution in [0.25, 0.3) is 5.69 Å². The lowest BCUT2D eigenvalue weighted by Crippen LogP contribution is -2.22. The summed E-state index contributed by atoms with van der Waals surface area (Å²) in [4.78, 5) is 23.7. The molecule has 9 heteroatoms. The number of carbonyl (C=O) groups is 2. The maximum atomic E-state index is 12.6. The van der Waals surface area contributed by atoms with Crippen LogP contribution in [0.5, 0.6) is 5.75 Å². The van der Waals surface area contributed by atoms with Crippen molar-refractivity contribution < 1.29 is 14.3 Å². The Hall–Kier alpha value is -3.33. The SMILES string of the molecule is COc1ccccc1-n1cnnc1S[C@@H](C)C(=O)Nc1ccc(NC(C)=O)cc1. The van der Waals surface area contributed by atoms with Gasteiger partial charge in [-0.05, 0) is 43.3 Å². The summed E-state index contributed by atoms with van der Waals surface area (Å²) in [6.07, 6.45) is 1.59. The fourth-order valence-corrected chi connectivity index (χ4v) is 3.43. The quantitative estimate of drug-likeness (QED) is 0.579. The molecule has 2 N–H and O–H groups in total. The topological polar surface area (TPSA) is 98.1 Å². The Balaban J connectivity index is 1.68. The Morgan fingerprint density at radius 3 is 2.38 bits per heavy atom. The van der Waals surface area contributed by atoms with Crippen LogP contribution in [0, 0.1) is 0 Å². The number of thioether (sulfide) groups is 1. The number of anilines is 2. The minimum Gasteiger partial charge on any atom is -0.495 e. The molecular weight excluding hydrogens is 390 g/mol. The van der Waals surface area contributed by atoms with Crippen molar-refractivity contribution >= 4 is 35.0 Å². The van der Waals surface area contributed by atoms with Gasteiger partial charge < -0.3 is 15.4 Å². The normalized spacial score (nSPS) is 11.6. The number of hydrogen-bond acceptors (Lipinski definition) is 6. The Morgan fingerprint density at radius 2 is 1.72 bits per heavy atom. The number of hydrogen-bond donors (Lipinski definition) is 2. The number of methoxy groups -OCH3 is 1.